The number of hydrogen-bond donors (Lipinski definition) is 4. The van der Waals surface area contributed by atoms with Crippen molar-refractivity contribution in [3.05, 3.63) is 88.3 Å². The molecule has 45 heavy (non-hydrogen) atoms. The van der Waals surface area contributed by atoms with E-state index in [1.54, 1.807) is 37.3 Å². The van der Waals surface area contributed by atoms with Crippen LogP contribution in [0, 0.1) is 13.8 Å². The zero-order valence-electron chi connectivity index (χ0n) is 25.3. The van der Waals surface area contributed by atoms with Gasteiger partial charge >= 0.3 is 0 Å². The van der Waals surface area contributed by atoms with E-state index in [0.29, 0.717) is 28.9 Å². The number of benzene rings is 2. The molecule has 4 rings (SSSR count). The molecule has 0 saturated carbocycles. The number of likely N-dealkylation sites (N-methyl/N-ethyl adjacent to an activating group) is 1. The van der Waals surface area contributed by atoms with E-state index < -0.39 is 29.6 Å². The largest absolute Gasteiger partial charge is 0.491 e. The molecule has 2 aromatic carbocycles. The number of ether oxygens (including phenoxy) is 1. The minimum absolute atomic E-state index is 0.0136. The van der Waals surface area contributed by atoms with Gasteiger partial charge in [0.1, 0.15) is 24.2 Å². The molecule has 4 N–H and O–H groups in total. The molecule has 2 heterocycles. The molecule has 0 bridgehead atoms. The van der Waals surface area contributed by atoms with Gasteiger partial charge < -0.3 is 25.0 Å². The standard InChI is InChI=1S/C32H35N5O8/c1-19-8-10-22(11-9-19)16-33-29(41)27(34-32(18-38,21(3)39)35-30(42)26-12-20(2)45-36-26)17-44-25-7-5-6-23(14-25)13-24-15-28(40)37(4)31(24)43/h5-14,18,21,27,34,39H,15-17H2,1-4H3,(H,33,41)(H,35,42)/t21-,27+,32-/m1/s1. The molecule has 1 aliphatic rings. The highest BCUT2D eigenvalue weighted by atomic mass is 16.5. The first-order valence-corrected chi connectivity index (χ1v) is 14.2. The Balaban J connectivity index is 1.56. The highest BCUT2D eigenvalue weighted by molar-refractivity contribution is 6.15. The lowest BCUT2D eigenvalue weighted by Gasteiger charge is -2.36. The number of nitrogens with zero attached hydrogens (tertiary/aromatic N) is 2. The number of aliphatic hydroxyl groups excluding tert-OH is 1. The van der Waals surface area contributed by atoms with Crippen LogP contribution < -0.4 is 20.7 Å². The van der Waals surface area contributed by atoms with Crippen molar-refractivity contribution >= 4 is 36.0 Å². The molecule has 3 atom stereocenters. The summed E-state index contributed by atoms with van der Waals surface area (Å²) in [6.07, 6.45) is 0.374. The summed E-state index contributed by atoms with van der Waals surface area (Å²) >= 11 is 0. The van der Waals surface area contributed by atoms with Gasteiger partial charge in [0.05, 0.1) is 12.5 Å². The molecule has 1 fully saturated rings. The summed E-state index contributed by atoms with van der Waals surface area (Å²) < 4.78 is 10.9. The molecule has 13 nitrogen and oxygen atoms in total. The molecular formula is C32H35N5O8. The van der Waals surface area contributed by atoms with Crippen molar-refractivity contribution in [3.8, 4) is 5.75 Å². The van der Waals surface area contributed by atoms with Gasteiger partial charge in [0.15, 0.2) is 17.6 Å². The van der Waals surface area contributed by atoms with Gasteiger partial charge in [0, 0.05) is 25.2 Å². The number of aromatic nitrogens is 1. The Bertz CT molecular complexity index is 1610. The van der Waals surface area contributed by atoms with E-state index in [2.05, 4.69) is 21.1 Å². The van der Waals surface area contributed by atoms with Crippen LogP contribution in [-0.2, 0) is 25.7 Å². The number of carbonyl (C=O) groups is 5. The number of aldehydes is 1. The second-order valence-corrected chi connectivity index (χ2v) is 10.8. The van der Waals surface area contributed by atoms with Crippen molar-refractivity contribution < 1.29 is 38.3 Å². The predicted octanol–water partition coefficient (Wildman–Crippen LogP) is 1.42. The first kappa shape index (κ1) is 32.8. The van der Waals surface area contributed by atoms with Crippen molar-refractivity contribution in [2.45, 2.75) is 51.5 Å². The molecule has 1 saturated heterocycles. The van der Waals surface area contributed by atoms with Crippen LogP contribution in [-0.4, -0.2) is 76.5 Å². The van der Waals surface area contributed by atoms with E-state index in [0.717, 1.165) is 16.0 Å². The monoisotopic (exact) mass is 617 g/mol. The Labute approximate surface area is 259 Å². The van der Waals surface area contributed by atoms with Crippen LogP contribution >= 0.6 is 0 Å². The maximum absolute atomic E-state index is 13.5. The molecule has 1 aliphatic heterocycles. The summed E-state index contributed by atoms with van der Waals surface area (Å²) in [5.74, 6) is -1.40. The highest BCUT2D eigenvalue weighted by Gasteiger charge is 2.41. The Hall–Kier alpha value is -5.14. The SMILES string of the molecule is Cc1ccc(CNC(=O)[C@H](COc2cccc(C=C3CC(=O)N(C)C3=O)c2)N[C@](C=O)(NC(=O)c2cc(C)on2)[C@@H](C)O)cc1. The maximum atomic E-state index is 13.5. The van der Waals surface area contributed by atoms with Crippen LogP contribution in [0.15, 0.2) is 64.7 Å². The fraction of sp³-hybridized carbons (Fsp3) is 0.312. The van der Waals surface area contributed by atoms with Crippen molar-refractivity contribution in [1.29, 1.82) is 0 Å². The highest BCUT2D eigenvalue weighted by Crippen LogP contribution is 2.22. The lowest BCUT2D eigenvalue weighted by Crippen LogP contribution is -2.71. The van der Waals surface area contributed by atoms with Crippen molar-refractivity contribution in [3.63, 3.8) is 0 Å². The van der Waals surface area contributed by atoms with Crippen LogP contribution in [0.1, 0.15) is 46.3 Å². The van der Waals surface area contributed by atoms with E-state index >= 15 is 0 Å². The second kappa shape index (κ2) is 14.1. The van der Waals surface area contributed by atoms with Crippen LogP contribution in [0.4, 0.5) is 0 Å². The normalized spacial score (nSPS) is 16.6. The van der Waals surface area contributed by atoms with Crippen molar-refractivity contribution in [1.82, 2.24) is 26.0 Å². The van der Waals surface area contributed by atoms with Crippen LogP contribution in [0.3, 0.4) is 0 Å². The quantitative estimate of drug-likeness (QED) is 0.0948. The molecular weight excluding hydrogens is 582 g/mol. The Morgan fingerprint density at radius 2 is 1.89 bits per heavy atom. The third-order valence-electron chi connectivity index (χ3n) is 7.25. The lowest BCUT2D eigenvalue weighted by molar-refractivity contribution is -0.136. The number of aryl methyl sites for hydroxylation is 2. The minimum Gasteiger partial charge on any atom is -0.491 e. The predicted molar refractivity (Wildman–Crippen MR) is 161 cm³/mol. The maximum Gasteiger partial charge on any atom is 0.275 e. The van der Waals surface area contributed by atoms with E-state index in [-0.39, 0.29) is 37.1 Å². The fourth-order valence-electron chi connectivity index (χ4n) is 4.51. The van der Waals surface area contributed by atoms with Gasteiger partial charge in [0.2, 0.25) is 11.8 Å². The topological polar surface area (TPSA) is 180 Å². The Morgan fingerprint density at radius 1 is 1.16 bits per heavy atom. The first-order valence-electron chi connectivity index (χ1n) is 14.2. The average Bonchev–Trinajstić information content (AvgIpc) is 3.56. The summed E-state index contributed by atoms with van der Waals surface area (Å²) in [5, 5.41) is 22.3. The summed E-state index contributed by atoms with van der Waals surface area (Å²) in [4.78, 5) is 64.2. The molecule has 0 aliphatic carbocycles. The number of imide groups is 1. The van der Waals surface area contributed by atoms with Gasteiger partial charge in [-0.2, -0.15) is 0 Å². The summed E-state index contributed by atoms with van der Waals surface area (Å²) in [6, 6.07) is 14.3. The van der Waals surface area contributed by atoms with Crippen LogP contribution in [0.2, 0.25) is 0 Å². The molecule has 0 spiro atoms. The van der Waals surface area contributed by atoms with Gasteiger partial charge in [0.25, 0.3) is 11.8 Å². The number of hydrogen-bond acceptors (Lipinski definition) is 10. The number of carbonyl (C=O) groups excluding carboxylic acids is 5. The zero-order valence-corrected chi connectivity index (χ0v) is 25.3. The van der Waals surface area contributed by atoms with Gasteiger partial charge in [-0.25, -0.2) is 0 Å². The number of amides is 4. The lowest BCUT2D eigenvalue weighted by atomic mass is 10.0. The fourth-order valence-corrected chi connectivity index (χ4v) is 4.51. The van der Waals surface area contributed by atoms with E-state index in [1.165, 1.54) is 20.0 Å². The van der Waals surface area contributed by atoms with Gasteiger partial charge in [-0.15, -0.1) is 0 Å². The summed E-state index contributed by atoms with van der Waals surface area (Å²) in [7, 11) is 1.42. The average molecular weight is 618 g/mol. The first-order chi connectivity index (χ1) is 21.4. The van der Waals surface area contributed by atoms with Crippen molar-refractivity contribution in [2.24, 2.45) is 0 Å². The van der Waals surface area contributed by atoms with E-state index in [9.17, 15) is 29.1 Å². The minimum atomic E-state index is -2.12. The molecule has 0 unspecified atom stereocenters. The second-order valence-electron chi connectivity index (χ2n) is 10.8. The third kappa shape index (κ3) is 8.08. The van der Waals surface area contributed by atoms with Crippen LogP contribution in [0.25, 0.3) is 6.08 Å². The Morgan fingerprint density at radius 3 is 2.49 bits per heavy atom. The third-order valence-corrected chi connectivity index (χ3v) is 7.25. The molecule has 4 amide bonds. The number of rotatable bonds is 13. The Kier molecular flexibility index (Phi) is 10.3. The molecule has 3 aromatic rings. The van der Waals surface area contributed by atoms with Crippen LogP contribution in [0.5, 0.6) is 5.75 Å². The van der Waals surface area contributed by atoms with E-state index in [1.807, 2.05) is 31.2 Å². The van der Waals surface area contributed by atoms with Gasteiger partial charge in [-0.3, -0.25) is 34.2 Å². The molecule has 13 heteroatoms. The molecule has 1 aromatic heterocycles. The van der Waals surface area contributed by atoms with Crippen molar-refractivity contribution in [2.75, 3.05) is 13.7 Å². The molecule has 236 valence electrons. The summed E-state index contributed by atoms with van der Waals surface area (Å²) in [6.45, 7) is 4.64. The number of likely N-dealkylation sites (tertiary alicyclic amines) is 1. The van der Waals surface area contributed by atoms with Gasteiger partial charge in [-0.05, 0) is 50.1 Å². The number of aliphatic hydroxyl groups is 1. The number of nitrogens with one attached hydrogen (secondary N) is 3. The zero-order chi connectivity index (χ0) is 32.7. The summed E-state index contributed by atoms with van der Waals surface area (Å²) in [5.41, 5.74) is 0.558. The van der Waals surface area contributed by atoms with E-state index in [4.69, 9.17) is 9.26 Å². The van der Waals surface area contributed by atoms with Gasteiger partial charge in [-0.1, -0.05) is 47.1 Å². The smallest absolute Gasteiger partial charge is 0.275 e. The molecule has 0 radical (unpaired) electrons.